The minimum atomic E-state index is -0.725. The number of benzene rings is 1. The van der Waals surface area contributed by atoms with Crippen LogP contribution >= 0.6 is 0 Å². The molecule has 0 saturated carbocycles. The second kappa shape index (κ2) is 3.72. The third kappa shape index (κ3) is 1.51. The van der Waals surface area contributed by atoms with Crippen LogP contribution in [0.4, 0.5) is 10.1 Å². The summed E-state index contributed by atoms with van der Waals surface area (Å²) in [5, 5.41) is 9.15. The molecule has 0 aromatic heterocycles. The van der Waals surface area contributed by atoms with Crippen LogP contribution in [-0.2, 0) is 11.2 Å². The lowest BCUT2D eigenvalue weighted by Gasteiger charge is -2.35. The van der Waals surface area contributed by atoms with Crippen LogP contribution in [0.5, 0.6) is 0 Å². The molecule has 2 atom stereocenters. The number of nitrogens with zero attached hydrogens (tertiary/aromatic N) is 1. The van der Waals surface area contributed by atoms with Crippen molar-refractivity contribution in [3.8, 4) is 0 Å². The predicted octanol–water partition coefficient (Wildman–Crippen LogP) is 2.05. The van der Waals surface area contributed by atoms with Crippen LogP contribution < -0.4 is 4.90 Å². The number of carboxylic acids is 1. The lowest BCUT2D eigenvalue weighted by Crippen LogP contribution is -2.39. The van der Waals surface area contributed by atoms with Crippen molar-refractivity contribution in [3.05, 3.63) is 29.6 Å². The molecule has 0 aliphatic carbocycles. The third-order valence-corrected chi connectivity index (χ3v) is 3.96. The zero-order valence-electron chi connectivity index (χ0n) is 9.40. The van der Waals surface area contributed by atoms with E-state index in [4.69, 9.17) is 5.11 Å². The van der Waals surface area contributed by atoms with Gasteiger partial charge in [0.1, 0.15) is 5.82 Å². The normalized spacial score (nSPS) is 26.5. The second-order valence-electron chi connectivity index (χ2n) is 4.77. The molecule has 2 heterocycles. The highest BCUT2D eigenvalue weighted by atomic mass is 19.1. The standard InChI is InChI=1S/C13H14FNO2/c14-10-2-1-3-11-8(10)4-5-12-9(13(16)17)6-7-15(11)12/h1-3,9,12H,4-7H2,(H,16,17). The van der Waals surface area contributed by atoms with E-state index < -0.39 is 5.97 Å². The lowest BCUT2D eigenvalue weighted by molar-refractivity contribution is -0.141. The van der Waals surface area contributed by atoms with Gasteiger partial charge in [0.2, 0.25) is 0 Å². The number of aliphatic carboxylic acids is 1. The van der Waals surface area contributed by atoms with Gasteiger partial charge in [0.05, 0.1) is 5.92 Å². The first kappa shape index (κ1) is 10.6. The minimum absolute atomic E-state index is 0.0433. The van der Waals surface area contributed by atoms with Gasteiger partial charge in [-0.1, -0.05) is 6.07 Å². The molecule has 4 heteroatoms. The highest BCUT2D eigenvalue weighted by Crippen LogP contribution is 2.39. The molecule has 3 rings (SSSR count). The van der Waals surface area contributed by atoms with Gasteiger partial charge >= 0.3 is 5.97 Å². The molecule has 1 fully saturated rings. The average Bonchev–Trinajstić information content (AvgIpc) is 2.73. The van der Waals surface area contributed by atoms with Crippen molar-refractivity contribution in [3.63, 3.8) is 0 Å². The van der Waals surface area contributed by atoms with Crippen LogP contribution in [0.25, 0.3) is 0 Å². The van der Waals surface area contributed by atoms with Crippen molar-refractivity contribution in [2.75, 3.05) is 11.4 Å². The molecule has 1 saturated heterocycles. The lowest BCUT2D eigenvalue weighted by atomic mass is 9.90. The van der Waals surface area contributed by atoms with Crippen molar-refractivity contribution < 1.29 is 14.3 Å². The highest BCUT2D eigenvalue weighted by molar-refractivity contribution is 5.74. The molecule has 90 valence electrons. The maximum absolute atomic E-state index is 13.6. The molecule has 0 spiro atoms. The number of carboxylic acid groups (broad SMARTS) is 1. The van der Waals surface area contributed by atoms with Crippen LogP contribution in [0, 0.1) is 11.7 Å². The Morgan fingerprint density at radius 2 is 2.24 bits per heavy atom. The number of carbonyl (C=O) groups is 1. The van der Waals surface area contributed by atoms with Crippen LogP contribution in [0.3, 0.4) is 0 Å². The summed E-state index contributed by atoms with van der Waals surface area (Å²) in [6.45, 7) is 0.720. The zero-order chi connectivity index (χ0) is 12.0. The molecule has 2 aliphatic rings. The molecule has 2 unspecified atom stereocenters. The Kier molecular flexibility index (Phi) is 2.31. The molecule has 1 N–H and O–H groups in total. The summed E-state index contributed by atoms with van der Waals surface area (Å²) >= 11 is 0. The van der Waals surface area contributed by atoms with E-state index in [9.17, 15) is 9.18 Å². The van der Waals surface area contributed by atoms with E-state index >= 15 is 0 Å². The van der Waals surface area contributed by atoms with Gasteiger partial charge in [-0.3, -0.25) is 4.79 Å². The number of anilines is 1. The van der Waals surface area contributed by atoms with Crippen molar-refractivity contribution in [2.45, 2.75) is 25.3 Å². The molecule has 0 radical (unpaired) electrons. The van der Waals surface area contributed by atoms with Gasteiger partial charge in [-0.25, -0.2) is 4.39 Å². The van der Waals surface area contributed by atoms with Gasteiger partial charge in [0.25, 0.3) is 0 Å². The van der Waals surface area contributed by atoms with E-state index in [1.807, 2.05) is 6.07 Å². The monoisotopic (exact) mass is 235 g/mol. The second-order valence-corrected chi connectivity index (χ2v) is 4.77. The summed E-state index contributed by atoms with van der Waals surface area (Å²) in [5.74, 6) is -1.19. The van der Waals surface area contributed by atoms with E-state index in [-0.39, 0.29) is 17.8 Å². The fourth-order valence-electron chi connectivity index (χ4n) is 3.15. The quantitative estimate of drug-likeness (QED) is 0.810. The number of fused-ring (bicyclic) bond motifs is 3. The largest absolute Gasteiger partial charge is 0.481 e. The van der Waals surface area contributed by atoms with Crippen LogP contribution in [0.15, 0.2) is 18.2 Å². The van der Waals surface area contributed by atoms with Crippen molar-refractivity contribution in [2.24, 2.45) is 5.92 Å². The van der Waals surface area contributed by atoms with Crippen molar-refractivity contribution >= 4 is 11.7 Å². The number of hydrogen-bond acceptors (Lipinski definition) is 2. The summed E-state index contributed by atoms with van der Waals surface area (Å²) < 4.78 is 13.6. The summed E-state index contributed by atoms with van der Waals surface area (Å²) in [7, 11) is 0. The Labute approximate surface area is 98.9 Å². The zero-order valence-corrected chi connectivity index (χ0v) is 9.40. The third-order valence-electron chi connectivity index (χ3n) is 3.96. The smallest absolute Gasteiger partial charge is 0.308 e. The molecular weight excluding hydrogens is 221 g/mol. The summed E-state index contributed by atoms with van der Waals surface area (Å²) in [6, 6.07) is 5.12. The Morgan fingerprint density at radius 1 is 1.41 bits per heavy atom. The Balaban J connectivity index is 1.99. The van der Waals surface area contributed by atoms with Crippen LogP contribution in [0.1, 0.15) is 18.4 Å². The van der Waals surface area contributed by atoms with Gasteiger partial charge < -0.3 is 10.0 Å². The topological polar surface area (TPSA) is 40.5 Å². The Bertz CT molecular complexity index is 474. The molecule has 17 heavy (non-hydrogen) atoms. The number of halogens is 1. The summed E-state index contributed by atoms with van der Waals surface area (Å²) in [4.78, 5) is 13.2. The van der Waals surface area contributed by atoms with E-state index in [0.717, 1.165) is 24.2 Å². The van der Waals surface area contributed by atoms with E-state index in [1.165, 1.54) is 6.07 Å². The Hall–Kier alpha value is -1.58. The predicted molar refractivity (Wildman–Crippen MR) is 61.6 cm³/mol. The average molecular weight is 235 g/mol. The van der Waals surface area contributed by atoms with Crippen molar-refractivity contribution in [1.29, 1.82) is 0 Å². The summed E-state index contributed by atoms with van der Waals surface area (Å²) in [6.07, 6.45) is 2.05. The maximum Gasteiger partial charge on any atom is 0.308 e. The number of hydrogen-bond donors (Lipinski definition) is 1. The van der Waals surface area contributed by atoms with Gasteiger partial charge in [0, 0.05) is 23.8 Å². The van der Waals surface area contributed by atoms with Crippen molar-refractivity contribution in [1.82, 2.24) is 0 Å². The highest BCUT2D eigenvalue weighted by Gasteiger charge is 2.41. The maximum atomic E-state index is 13.6. The van der Waals surface area contributed by atoms with E-state index in [2.05, 4.69) is 4.90 Å². The molecule has 3 nitrogen and oxygen atoms in total. The molecular formula is C13H14FNO2. The first-order valence-corrected chi connectivity index (χ1v) is 5.95. The first-order valence-electron chi connectivity index (χ1n) is 5.95. The minimum Gasteiger partial charge on any atom is -0.481 e. The Morgan fingerprint density at radius 3 is 3.00 bits per heavy atom. The van der Waals surface area contributed by atoms with E-state index in [1.54, 1.807) is 6.07 Å². The van der Waals surface area contributed by atoms with Gasteiger partial charge in [-0.2, -0.15) is 0 Å². The molecule has 1 aromatic rings. The molecule has 0 bridgehead atoms. The van der Waals surface area contributed by atoms with Crippen LogP contribution in [-0.4, -0.2) is 23.7 Å². The fourth-order valence-corrected chi connectivity index (χ4v) is 3.15. The van der Waals surface area contributed by atoms with E-state index in [0.29, 0.717) is 12.8 Å². The molecule has 2 aliphatic heterocycles. The first-order chi connectivity index (χ1) is 8.18. The fraction of sp³-hybridized carbons (Fsp3) is 0.462. The van der Waals surface area contributed by atoms with Gasteiger partial charge in [0.15, 0.2) is 0 Å². The number of rotatable bonds is 1. The van der Waals surface area contributed by atoms with Gasteiger partial charge in [-0.05, 0) is 31.4 Å². The van der Waals surface area contributed by atoms with Crippen LogP contribution in [0.2, 0.25) is 0 Å². The molecule has 0 amide bonds. The summed E-state index contributed by atoms with van der Waals surface area (Å²) in [5.41, 5.74) is 1.64. The van der Waals surface area contributed by atoms with Gasteiger partial charge in [-0.15, -0.1) is 0 Å². The SMILES string of the molecule is O=C(O)C1CCN2c3cccc(F)c3CCC12. The molecule has 1 aromatic carbocycles.